The van der Waals surface area contributed by atoms with Gasteiger partial charge in [-0.2, -0.15) is 0 Å². The van der Waals surface area contributed by atoms with Crippen LogP contribution in [0, 0.1) is 0 Å². The van der Waals surface area contributed by atoms with Gasteiger partial charge in [0.25, 0.3) is 0 Å². The standard InChI is InChI=1S/2C13H15.2ClH.Zr/c2*1-2-3-6-11-9-10-12-7-4-5-8-13(11)12;;;/h2*4-5,7-10H,2-3,6H2,1H3;2*1H;. The van der Waals surface area contributed by atoms with Crippen molar-refractivity contribution in [2.24, 2.45) is 0 Å². The van der Waals surface area contributed by atoms with Crippen LogP contribution in [0.2, 0.25) is 0 Å². The molecule has 0 spiro atoms. The summed E-state index contributed by atoms with van der Waals surface area (Å²) >= 11 is -0.857. The van der Waals surface area contributed by atoms with Crippen molar-refractivity contribution in [3.8, 4) is 0 Å². The van der Waals surface area contributed by atoms with E-state index in [1.807, 2.05) is 0 Å². The second kappa shape index (κ2) is 10.6. The molecule has 29 heavy (non-hydrogen) atoms. The number of rotatable bonds is 8. The number of halogens is 2. The maximum Gasteiger partial charge on any atom is -0.147 e. The van der Waals surface area contributed by atoms with E-state index in [4.69, 9.17) is 0 Å². The van der Waals surface area contributed by atoms with E-state index in [1.165, 1.54) is 49.7 Å². The fraction of sp³-hybridized carbons (Fsp3) is 0.385. The molecule has 2 aromatic rings. The number of hydrogen-bond acceptors (Lipinski definition) is 0. The Morgan fingerprint density at radius 1 is 0.655 bits per heavy atom. The summed E-state index contributed by atoms with van der Waals surface area (Å²) in [6.45, 7) is 4.67. The second-order valence-corrected chi connectivity index (χ2v) is 13.1. The van der Waals surface area contributed by atoms with E-state index in [-0.39, 0.29) is 24.8 Å². The number of hydrogen-bond donors (Lipinski definition) is 0. The van der Waals surface area contributed by atoms with E-state index in [9.17, 15) is 0 Å². The summed E-state index contributed by atoms with van der Waals surface area (Å²) in [4.78, 5) is 0. The maximum atomic E-state index is 2.61. The fourth-order valence-corrected chi connectivity index (χ4v) is 10.9. The maximum absolute atomic E-state index is 2.61. The first kappa shape index (κ1) is 24.7. The summed E-state index contributed by atoms with van der Waals surface area (Å²) < 4.78 is 0.678. The van der Waals surface area contributed by atoms with Crippen LogP contribution in [0.25, 0.3) is 12.2 Å². The summed E-state index contributed by atoms with van der Waals surface area (Å²) in [5.41, 5.74) is 6.18. The van der Waals surface area contributed by atoms with Crippen LogP contribution in [-0.2, 0) is 29.5 Å². The molecule has 0 bridgehead atoms. The van der Waals surface area contributed by atoms with Crippen molar-refractivity contribution in [3.05, 3.63) is 82.9 Å². The van der Waals surface area contributed by atoms with Crippen LogP contribution < -0.4 is 0 Å². The molecule has 0 heterocycles. The van der Waals surface area contributed by atoms with Crippen molar-refractivity contribution < 1.29 is 23.2 Å². The Kier molecular flexibility index (Phi) is 9.02. The molecule has 2 atom stereocenters. The van der Waals surface area contributed by atoms with Crippen LogP contribution in [0.5, 0.6) is 0 Å². The molecule has 2 aromatic carbocycles. The zero-order chi connectivity index (χ0) is 18.7. The van der Waals surface area contributed by atoms with Crippen molar-refractivity contribution in [1.29, 1.82) is 0 Å². The van der Waals surface area contributed by atoms with Crippen LogP contribution in [-0.4, -0.2) is 0 Å². The fourth-order valence-electron chi connectivity index (χ4n) is 4.83. The van der Waals surface area contributed by atoms with Crippen LogP contribution in [0.1, 0.15) is 74.6 Å². The summed E-state index contributed by atoms with van der Waals surface area (Å²) in [5, 5.41) is 0. The van der Waals surface area contributed by atoms with Gasteiger partial charge in [0.1, 0.15) is 0 Å². The molecule has 4 rings (SSSR count). The quantitative estimate of drug-likeness (QED) is 0.339. The average Bonchev–Trinajstić information content (AvgIpc) is 3.25. The molecule has 2 aliphatic carbocycles. The SMILES string of the molecule is CCCC[C]1([Zr][C]2(CCCC)C=Cc3ccccc32)C=Cc2ccccc21.Cl.Cl. The first-order chi connectivity index (χ1) is 13.2. The summed E-state index contributed by atoms with van der Waals surface area (Å²) in [5.74, 6) is 0. The molecule has 0 amide bonds. The van der Waals surface area contributed by atoms with E-state index >= 15 is 0 Å². The molecule has 0 N–H and O–H groups in total. The monoisotopic (exact) mass is 504 g/mol. The van der Waals surface area contributed by atoms with E-state index in [0.717, 1.165) is 0 Å². The van der Waals surface area contributed by atoms with Crippen LogP contribution in [0.4, 0.5) is 0 Å². The Labute approximate surface area is 200 Å². The predicted molar refractivity (Wildman–Crippen MR) is 128 cm³/mol. The molecule has 0 saturated heterocycles. The first-order valence-electron chi connectivity index (χ1n) is 10.6. The first-order valence-corrected chi connectivity index (χ1v) is 13.1. The van der Waals surface area contributed by atoms with Crippen molar-refractivity contribution >= 4 is 37.0 Å². The van der Waals surface area contributed by atoms with Gasteiger partial charge < -0.3 is 0 Å². The molecule has 3 heteroatoms. The number of unbranched alkanes of at least 4 members (excludes halogenated alkanes) is 2. The smallest absolute Gasteiger partial charge is 0.147 e. The van der Waals surface area contributed by atoms with Crippen LogP contribution in [0.15, 0.2) is 60.7 Å². The van der Waals surface area contributed by atoms with Crippen LogP contribution in [0.3, 0.4) is 0 Å². The third kappa shape index (κ3) is 4.68. The van der Waals surface area contributed by atoms with Gasteiger partial charge in [-0.15, -0.1) is 24.8 Å². The normalized spacial score (nSPS) is 23.1. The Hall–Kier alpha value is -0.617. The third-order valence-corrected chi connectivity index (χ3v) is 11.8. The average molecular weight is 507 g/mol. The minimum Gasteiger partial charge on any atom is -0.147 e. The zero-order valence-corrected chi connectivity index (χ0v) is 21.6. The molecule has 0 radical (unpaired) electrons. The molecule has 154 valence electrons. The van der Waals surface area contributed by atoms with Crippen molar-refractivity contribution in [2.75, 3.05) is 0 Å². The van der Waals surface area contributed by atoms with E-state index in [2.05, 4.69) is 86.7 Å². The van der Waals surface area contributed by atoms with Gasteiger partial charge in [-0.3, -0.25) is 0 Å². The predicted octanol–water partition coefficient (Wildman–Crippen LogP) is 8.14. The van der Waals surface area contributed by atoms with Gasteiger partial charge in [0, 0.05) is 0 Å². The van der Waals surface area contributed by atoms with Gasteiger partial charge in [0.2, 0.25) is 0 Å². The summed E-state index contributed by atoms with van der Waals surface area (Å²) in [6.07, 6.45) is 17.9. The van der Waals surface area contributed by atoms with Gasteiger partial charge in [0.15, 0.2) is 0 Å². The molecular formula is C26H32Cl2Zr. The minimum absolute atomic E-state index is 0. The van der Waals surface area contributed by atoms with E-state index in [1.54, 1.807) is 11.1 Å². The van der Waals surface area contributed by atoms with Gasteiger partial charge in [-0.1, -0.05) is 0 Å². The molecule has 2 unspecified atom stereocenters. The molecule has 0 aromatic heterocycles. The summed E-state index contributed by atoms with van der Waals surface area (Å²) in [7, 11) is 0. The Morgan fingerprint density at radius 3 is 1.48 bits per heavy atom. The topological polar surface area (TPSA) is 0 Å². The minimum atomic E-state index is -0.857. The van der Waals surface area contributed by atoms with E-state index < -0.39 is 23.2 Å². The van der Waals surface area contributed by atoms with E-state index in [0.29, 0.717) is 6.25 Å². The van der Waals surface area contributed by atoms with Gasteiger partial charge in [0.05, 0.1) is 0 Å². The van der Waals surface area contributed by atoms with Crippen molar-refractivity contribution in [3.63, 3.8) is 0 Å². The second-order valence-electron chi connectivity index (χ2n) is 8.12. The molecule has 0 nitrogen and oxygen atoms in total. The largest absolute Gasteiger partial charge is 0.147 e. The van der Waals surface area contributed by atoms with Gasteiger partial charge in [-0.05, 0) is 0 Å². The van der Waals surface area contributed by atoms with Gasteiger partial charge >= 0.3 is 177 Å². The number of fused-ring (bicyclic) bond motifs is 2. The molecule has 0 saturated carbocycles. The Bertz CT molecular complexity index is 801. The molecular weight excluding hydrogens is 474 g/mol. The Morgan fingerprint density at radius 2 is 1.07 bits per heavy atom. The third-order valence-electron chi connectivity index (χ3n) is 6.27. The molecule has 2 aliphatic rings. The number of benzene rings is 2. The summed E-state index contributed by atoms with van der Waals surface area (Å²) in [6, 6.07) is 18.4. The molecule has 0 aliphatic heterocycles. The zero-order valence-electron chi connectivity index (χ0n) is 17.5. The molecule has 0 fully saturated rings. The number of allylic oxidation sites excluding steroid dienone is 2. The Balaban J connectivity index is 0.00000150. The van der Waals surface area contributed by atoms with Crippen molar-refractivity contribution in [1.82, 2.24) is 0 Å². The van der Waals surface area contributed by atoms with Crippen LogP contribution >= 0.6 is 24.8 Å². The van der Waals surface area contributed by atoms with Gasteiger partial charge in [-0.25, -0.2) is 0 Å². The van der Waals surface area contributed by atoms with Crippen molar-refractivity contribution in [2.45, 2.75) is 58.6 Å².